The highest BCUT2D eigenvalue weighted by Crippen LogP contribution is 2.40. The smallest absolute Gasteiger partial charge is 0.463 e. The average Bonchev–Trinajstić information content (AvgIpc) is 3.04. The van der Waals surface area contributed by atoms with E-state index >= 15 is 0 Å². The molecule has 0 amide bonds. The molecular formula is C35H44F3NO9. The molecule has 5 unspecified atom stereocenters. The van der Waals surface area contributed by atoms with Crippen molar-refractivity contribution in [3.63, 3.8) is 0 Å². The number of rotatable bonds is 11. The molecule has 48 heavy (non-hydrogen) atoms. The van der Waals surface area contributed by atoms with Crippen LogP contribution in [0.5, 0.6) is 0 Å². The van der Waals surface area contributed by atoms with Gasteiger partial charge in [-0.1, -0.05) is 76.2 Å². The van der Waals surface area contributed by atoms with Crippen LogP contribution in [0.3, 0.4) is 0 Å². The van der Waals surface area contributed by atoms with Crippen molar-refractivity contribution in [2.75, 3.05) is 13.2 Å². The van der Waals surface area contributed by atoms with Gasteiger partial charge >= 0.3 is 18.1 Å². The molecule has 2 fully saturated rings. The number of halogens is 3. The van der Waals surface area contributed by atoms with Crippen LogP contribution in [-0.4, -0.2) is 74.2 Å². The van der Waals surface area contributed by atoms with Gasteiger partial charge < -0.3 is 33.2 Å². The third-order valence-electron chi connectivity index (χ3n) is 8.86. The fraction of sp³-hybridized carbons (Fsp3) is 0.571. The summed E-state index contributed by atoms with van der Waals surface area (Å²) in [6, 6.07) is 17.1. The van der Waals surface area contributed by atoms with Crippen molar-refractivity contribution in [1.29, 1.82) is 0 Å². The van der Waals surface area contributed by atoms with Crippen molar-refractivity contribution in [1.82, 2.24) is 0 Å². The van der Waals surface area contributed by atoms with Gasteiger partial charge in [-0.05, 0) is 29.5 Å². The maximum atomic E-state index is 14.2. The Morgan fingerprint density at radius 3 is 1.94 bits per heavy atom. The molecule has 10 nitrogen and oxygen atoms in total. The van der Waals surface area contributed by atoms with Gasteiger partial charge in [0, 0.05) is 25.7 Å². The molecule has 2 aromatic rings. The first-order chi connectivity index (χ1) is 22.7. The molecule has 10 atom stereocenters. The van der Waals surface area contributed by atoms with Gasteiger partial charge in [-0.25, -0.2) is 4.99 Å². The predicted octanol–water partition coefficient (Wildman–Crippen LogP) is 6.39. The van der Waals surface area contributed by atoms with Gasteiger partial charge in [0.15, 0.2) is 12.4 Å². The second-order valence-corrected chi connectivity index (χ2v) is 12.4. The van der Waals surface area contributed by atoms with E-state index in [9.17, 15) is 22.8 Å². The number of ether oxygens (including phenoxy) is 7. The molecular weight excluding hydrogens is 635 g/mol. The summed E-state index contributed by atoms with van der Waals surface area (Å²) in [5.74, 6) is -4.00. The molecule has 0 aliphatic carbocycles. The zero-order valence-electron chi connectivity index (χ0n) is 27.9. The summed E-state index contributed by atoms with van der Waals surface area (Å²) in [5.41, 5.74) is 0.957. The van der Waals surface area contributed by atoms with Crippen LogP contribution in [0.15, 0.2) is 65.7 Å². The summed E-state index contributed by atoms with van der Waals surface area (Å²) < 4.78 is 84.0. The predicted molar refractivity (Wildman–Crippen MR) is 168 cm³/mol. The maximum absolute atomic E-state index is 14.2. The molecule has 2 saturated heterocycles. The van der Waals surface area contributed by atoms with Crippen molar-refractivity contribution < 1.29 is 55.9 Å². The number of aliphatic imine (C=N–C) groups is 1. The molecule has 0 radical (unpaired) electrons. The first-order valence-electron chi connectivity index (χ1n) is 16.0. The van der Waals surface area contributed by atoms with Gasteiger partial charge in [-0.2, -0.15) is 13.2 Å². The SMILES string of the molecule is CC(=O)OCC1O[C@@H](O[C@@H]2C(COCc3ccccc3)OC(O/C(=N/c3ccccc3)C(F)(F)F)C(C)[C@H]2C)C(OC(C)=O)[C@@H](C)[C@H]1C. The van der Waals surface area contributed by atoms with Crippen molar-refractivity contribution in [2.45, 2.75) is 91.3 Å². The van der Waals surface area contributed by atoms with Gasteiger partial charge in [-0.15, -0.1) is 0 Å². The number of esters is 2. The number of carbonyl (C=O) groups is 2. The van der Waals surface area contributed by atoms with Gasteiger partial charge in [0.25, 0.3) is 5.90 Å². The summed E-state index contributed by atoms with van der Waals surface area (Å²) in [6.45, 7) is 9.97. The Kier molecular flexibility index (Phi) is 13.0. The molecule has 2 aliphatic heterocycles. The number of benzene rings is 2. The number of carbonyl (C=O) groups excluding carboxylic acids is 2. The van der Waals surface area contributed by atoms with E-state index < -0.39 is 72.8 Å². The topological polar surface area (TPSA) is 111 Å². The molecule has 4 rings (SSSR count). The van der Waals surface area contributed by atoms with Crippen molar-refractivity contribution in [2.24, 2.45) is 28.7 Å². The van der Waals surface area contributed by atoms with E-state index in [1.54, 1.807) is 25.1 Å². The fourth-order valence-electron chi connectivity index (χ4n) is 5.76. The standard InChI is InChI=1S/C35H44F3NO9/c1-20-21(2)31(44-25(6)41)33(45-28(20)19-43-24(5)40)47-30-22(3)23(4)32(46-29(30)18-42-17-26-13-9-7-10-14-26)48-34(35(36,37)38)39-27-15-11-8-12-16-27/h7-16,20-23,28-33H,17-19H2,1-6H3/b39-34+/t20-,21+,22-,23?,28?,29?,30+,31?,32?,33+/m1/s1. The van der Waals surface area contributed by atoms with E-state index in [2.05, 4.69) is 4.99 Å². The summed E-state index contributed by atoms with van der Waals surface area (Å²) >= 11 is 0. The summed E-state index contributed by atoms with van der Waals surface area (Å²) in [7, 11) is 0. The van der Waals surface area contributed by atoms with Gasteiger partial charge in [0.05, 0.1) is 31.1 Å². The maximum Gasteiger partial charge on any atom is 0.468 e. The number of para-hydroxylation sites is 1. The van der Waals surface area contributed by atoms with E-state index in [-0.39, 0.29) is 37.3 Å². The lowest BCUT2D eigenvalue weighted by Crippen LogP contribution is -2.59. The van der Waals surface area contributed by atoms with E-state index in [1.807, 2.05) is 51.1 Å². The summed E-state index contributed by atoms with van der Waals surface area (Å²) in [5, 5.41) is 0. The zero-order chi connectivity index (χ0) is 35.0. The molecule has 2 aromatic carbocycles. The molecule has 0 saturated carbocycles. The molecule has 0 spiro atoms. The summed E-state index contributed by atoms with van der Waals surface area (Å²) in [4.78, 5) is 27.5. The molecule has 2 heterocycles. The van der Waals surface area contributed by atoms with Crippen LogP contribution in [0.2, 0.25) is 0 Å². The summed E-state index contributed by atoms with van der Waals surface area (Å²) in [6.07, 6.45) is -10.5. The third-order valence-corrected chi connectivity index (χ3v) is 8.86. The highest BCUT2D eigenvalue weighted by atomic mass is 19.4. The zero-order valence-corrected chi connectivity index (χ0v) is 27.9. The van der Waals surface area contributed by atoms with Gasteiger partial charge in [0.1, 0.15) is 12.7 Å². The Labute approximate surface area is 278 Å². The highest BCUT2D eigenvalue weighted by molar-refractivity contribution is 5.84. The van der Waals surface area contributed by atoms with Crippen molar-refractivity contribution in [3.05, 3.63) is 66.2 Å². The monoisotopic (exact) mass is 679 g/mol. The number of alkyl halides is 3. The van der Waals surface area contributed by atoms with E-state index in [0.717, 1.165) is 5.56 Å². The molecule has 0 bridgehead atoms. The third kappa shape index (κ3) is 10.0. The lowest BCUT2D eigenvalue weighted by Gasteiger charge is -2.48. The molecule has 13 heteroatoms. The van der Waals surface area contributed by atoms with Crippen LogP contribution in [0.4, 0.5) is 18.9 Å². The fourth-order valence-corrected chi connectivity index (χ4v) is 5.76. The quantitative estimate of drug-likeness (QED) is 0.152. The van der Waals surface area contributed by atoms with Crippen LogP contribution >= 0.6 is 0 Å². The van der Waals surface area contributed by atoms with Crippen LogP contribution in [-0.2, 0) is 49.4 Å². The largest absolute Gasteiger partial charge is 0.468 e. The minimum absolute atomic E-state index is 0.0406. The minimum atomic E-state index is -4.90. The first kappa shape index (κ1) is 37.3. The Bertz CT molecular complexity index is 1360. The van der Waals surface area contributed by atoms with Crippen LogP contribution in [0.1, 0.15) is 47.1 Å². The van der Waals surface area contributed by atoms with Crippen molar-refractivity contribution in [3.8, 4) is 0 Å². The van der Waals surface area contributed by atoms with Gasteiger partial charge in [0.2, 0.25) is 6.29 Å². The van der Waals surface area contributed by atoms with E-state index in [1.165, 1.54) is 26.0 Å². The van der Waals surface area contributed by atoms with Crippen LogP contribution in [0, 0.1) is 23.7 Å². The Balaban J connectivity index is 1.61. The Morgan fingerprint density at radius 1 is 0.729 bits per heavy atom. The normalized spacial score (nSPS) is 31.1. The lowest BCUT2D eigenvalue weighted by molar-refractivity contribution is -0.333. The van der Waals surface area contributed by atoms with Crippen molar-refractivity contribution >= 4 is 23.5 Å². The molecule has 2 aliphatic rings. The Morgan fingerprint density at radius 2 is 1.33 bits per heavy atom. The number of hydrogen-bond acceptors (Lipinski definition) is 10. The van der Waals surface area contributed by atoms with Crippen LogP contribution < -0.4 is 0 Å². The highest BCUT2D eigenvalue weighted by Gasteiger charge is 2.51. The number of hydrogen-bond donors (Lipinski definition) is 0. The first-order valence-corrected chi connectivity index (χ1v) is 16.0. The number of nitrogens with zero attached hydrogens (tertiary/aromatic N) is 1. The minimum Gasteiger partial charge on any atom is -0.463 e. The van der Waals surface area contributed by atoms with Gasteiger partial charge in [-0.3, -0.25) is 9.59 Å². The van der Waals surface area contributed by atoms with Crippen LogP contribution in [0.25, 0.3) is 0 Å². The second kappa shape index (κ2) is 16.7. The molecule has 264 valence electrons. The van der Waals surface area contributed by atoms with E-state index in [4.69, 9.17) is 33.2 Å². The Hall–Kier alpha value is -3.52. The molecule has 0 N–H and O–H groups in total. The van der Waals surface area contributed by atoms with E-state index in [0.29, 0.717) is 0 Å². The lowest BCUT2D eigenvalue weighted by atomic mass is 9.82. The average molecular weight is 680 g/mol. The second-order valence-electron chi connectivity index (χ2n) is 12.4. The molecule has 0 aromatic heterocycles.